The second-order valence-electron chi connectivity index (χ2n) is 3.48. The van der Waals surface area contributed by atoms with Crippen LogP contribution in [0.5, 0.6) is 0 Å². The van der Waals surface area contributed by atoms with E-state index in [-0.39, 0.29) is 5.25 Å². The first kappa shape index (κ1) is 9.99. The Bertz CT molecular complexity index is 278. The Kier molecular flexibility index (Phi) is 3.43. The van der Waals surface area contributed by atoms with Crippen LogP contribution in [0.1, 0.15) is 6.42 Å². The number of halogens is 1. The van der Waals surface area contributed by atoms with Crippen LogP contribution >= 0.6 is 11.8 Å². The molecular weight excluding hydrogens is 197 g/mol. The molecule has 2 atom stereocenters. The summed E-state index contributed by atoms with van der Waals surface area (Å²) in [6.07, 6.45) is -0.0220. The van der Waals surface area contributed by atoms with Gasteiger partial charge in [-0.3, -0.25) is 0 Å². The summed E-state index contributed by atoms with van der Waals surface area (Å²) in [6, 6.07) is 10.0. The first-order valence-electron chi connectivity index (χ1n) is 4.93. The average molecular weight is 211 g/mol. The minimum atomic E-state index is -0.665. The highest BCUT2D eigenvalue weighted by Gasteiger charge is 2.25. The Balaban J connectivity index is 1.96. The van der Waals surface area contributed by atoms with Gasteiger partial charge < -0.3 is 5.32 Å². The monoisotopic (exact) mass is 211 g/mol. The zero-order chi connectivity index (χ0) is 9.80. The second-order valence-corrected chi connectivity index (χ2v) is 4.79. The third kappa shape index (κ3) is 2.49. The van der Waals surface area contributed by atoms with Gasteiger partial charge in [0.15, 0.2) is 0 Å². The SMILES string of the molecule is F[C@@H]1CCNC[C@@H]1Sc1ccccc1. The van der Waals surface area contributed by atoms with E-state index in [0.717, 1.165) is 18.0 Å². The molecule has 1 N–H and O–H groups in total. The van der Waals surface area contributed by atoms with Gasteiger partial charge in [0.1, 0.15) is 6.17 Å². The number of rotatable bonds is 2. The Morgan fingerprint density at radius 2 is 2.07 bits per heavy atom. The molecule has 76 valence electrons. The fourth-order valence-electron chi connectivity index (χ4n) is 1.59. The first-order chi connectivity index (χ1) is 6.86. The van der Waals surface area contributed by atoms with E-state index in [9.17, 15) is 4.39 Å². The van der Waals surface area contributed by atoms with Gasteiger partial charge in [-0.15, -0.1) is 11.8 Å². The lowest BCUT2D eigenvalue weighted by atomic mass is 10.1. The molecule has 0 aromatic heterocycles. The molecular formula is C11H14FNS. The van der Waals surface area contributed by atoms with Crippen LogP contribution in [0, 0.1) is 0 Å². The molecule has 0 amide bonds. The standard InChI is InChI=1S/C11H14FNS/c12-10-6-7-13-8-11(10)14-9-4-2-1-3-5-9/h1-5,10-11,13H,6-8H2/t10-,11+/m1/s1. The van der Waals surface area contributed by atoms with Crippen molar-refractivity contribution in [2.24, 2.45) is 0 Å². The van der Waals surface area contributed by atoms with Gasteiger partial charge in [0.2, 0.25) is 0 Å². The summed E-state index contributed by atoms with van der Waals surface area (Å²) in [4.78, 5) is 1.16. The number of nitrogens with one attached hydrogen (secondary N) is 1. The van der Waals surface area contributed by atoms with E-state index in [0.29, 0.717) is 6.42 Å². The Morgan fingerprint density at radius 1 is 1.29 bits per heavy atom. The molecule has 0 saturated carbocycles. The van der Waals surface area contributed by atoms with Gasteiger partial charge in [-0.05, 0) is 25.1 Å². The lowest BCUT2D eigenvalue weighted by molar-refractivity contribution is 0.270. The topological polar surface area (TPSA) is 12.0 Å². The van der Waals surface area contributed by atoms with Crippen LogP contribution in [0.3, 0.4) is 0 Å². The van der Waals surface area contributed by atoms with Crippen LogP contribution in [-0.2, 0) is 0 Å². The van der Waals surface area contributed by atoms with E-state index in [2.05, 4.69) is 5.32 Å². The average Bonchev–Trinajstić information content (AvgIpc) is 2.23. The summed E-state index contributed by atoms with van der Waals surface area (Å²) in [5.41, 5.74) is 0. The first-order valence-corrected chi connectivity index (χ1v) is 5.81. The number of thioether (sulfide) groups is 1. The molecule has 0 unspecified atom stereocenters. The summed E-state index contributed by atoms with van der Waals surface area (Å²) in [5.74, 6) is 0. The summed E-state index contributed by atoms with van der Waals surface area (Å²) in [6.45, 7) is 1.59. The van der Waals surface area contributed by atoms with Crippen molar-refractivity contribution in [1.29, 1.82) is 0 Å². The van der Waals surface area contributed by atoms with Gasteiger partial charge in [0, 0.05) is 11.4 Å². The fraction of sp³-hybridized carbons (Fsp3) is 0.455. The molecule has 3 heteroatoms. The van der Waals surface area contributed by atoms with Crippen LogP contribution < -0.4 is 5.32 Å². The van der Waals surface area contributed by atoms with E-state index < -0.39 is 6.17 Å². The maximum Gasteiger partial charge on any atom is 0.115 e. The predicted molar refractivity (Wildman–Crippen MR) is 58.5 cm³/mol. The minimum Gasteiger partial charge on any atom is -0.315 e. The quantitative estimate of drug-likeness (QED) is 0.806. The van der Waals surface area contributed by atoms with Crippen LogP contribution in [-0.4, -0.2) is 24.5 Å². The molecule has 1 fully saturated rings. The Labute approximate surface area is 88.1 Å². The Morgan fingerprint density at radius 3 is 2.79 bits per heavy atom. The summed E-state index contributed by atoms with van der Waals surface area (Å²) >= 11 is 1.64. The molecule has 2 rings (SSSR count). The van der Waals surface area contributed by atoms with Crippen LogP contribution in [0.25, 0.3) is 0 Å². The number of benzene rings is 1. The van der Waals surface area contributed by atoms with Crippen molar-refractivity contribution in [3.05, 3.63) is 30.3 Å². The van der Waals surface area contributed by atoms with Gasteiger partial charge in [-0.1, -0.05) is 18.2 Å². The van der Waals surface area contributed by atoms with E-state index >= 15 is 0 Å². The molecule has 1 aromatic carbocycles. The van der Waals surface area contributed by atoms with Gasteiger partial charge in [-0.2, -0.15) is 0 Å². The van der Waals surface area contributed by atoms with Crippen molar-refractivity contribution in [2.45, 2.75) is 22.7 Å². The summed E-state index contributed by atoms with van der Waals surface area (Å²) in [7, 11) is 0. The zero-order valence-electron chi connectivity index (χ0n) is 7.95. The van der Waals surface area contributed by atoms with Crippen molar-refractivity contribution in [3.63, 3.8) is 0 Å². The van der Waals surface area contributed by atoms with Gasteiger partial charge >= 0.3 is 0 Å². The second kappa shape index (κ2) is 4.80. The van der Waals surface area contributed by atoms with Crippen molar-refractivity contribution < 1.29 is 4.39 Å². The molecule has 1 aromatic rings. The Hall–Kier alpha value is -0.540. The molecule has 0 radical (unpaired) electrons. The van der Waals surface area contributed by atoms with E-state index in [4.69, 9.17) is 0 Å². The maximum atomic E-state index is 13.5. The van der Waals surface area contributed by atoms with Crippen molar-refractivity contribution >= 4 is 11.8 Å². The highest BCUT2D eigenvalue weighted by Crippen LogP contribution is 2.28. The molecule has 1 nitrogen and oxygen atoms in total. The lowest BCUT2D eigenvalue weighted by Gasteiger charge is -2.26. The van der Waals surface area contributed by atoms with Crippen LogP contribution in [0.15, 0.2) is 35.2 Å². The zero-order valence-corrected chi connectivity index (χ0v) is 8.77. The van der Waals surface area contributed by atoms with Gasteiger partial charge in [-0.25, -0.2) is 4.39 Å². The normalized spacial score (nSPS) is 27.5. The molecule has 0 aliphatic carbocycles. The lowest BCUT2D eigenvalue weighted by Crippen LogP contribution is -2.39. The fourth-order valence-corrected chi connectivity index (χ4v) is 2.74. The number of piperidine rings is 1. The summed E-state index contributed by atoms with van der Waals surface area (Å²) < 4.78 is 13.5. The molecule has 1 heterocycles. The molecule has 1 aliphatic rings. The van der Waals surface area contributed by atoms with Crippen molar-refractivity contribution in [3.8, 4) is 0 Å². The maximum absolute atomic E-state index is 13.5. The van der Waals surface area contributed by atoms with Crippen molar-refractivity contribution in [1.82, 2.24) is 5.32 Å². The smallest absolute Gasteiger partial charge is 0.115 e. The summed E-state index contributed by atoms with van der Waals surface area (Å²) in [5, 5.41) is 3.30. The third-order valence-electron chi connectivity index (χ3n) is 2.38. The van der Waals surface area contributed by atoms with Crippen LogP contribution in [0.4, 0.5) is 4.39 Å². The molecule has 0 spiro atoms. The van der Waals surface area contributed by atoms with Crippen LogP contribution in [0.2, 0.25) is 0 Å². The van der Waals surface area contributed by atoms with E-state index in [1.807, 2.05) is 30.3 Å². The minimum absolute atomic E-state index is 0.0751. The van der Waals surface area contributed by atoms with Gasteiger partial charge in [0.25, 0.3) is 0 Å². The molecule has 0 bridgehead atoms. The van der Waals surface area contributed by atoms with Crippen molar-refractivity contribution in [2.75, 3.05) is 13.1 Å². The van der Waals surface area contributed by atoms with Gasteiger partial charge in [0.05, 0.1) is 5.25 Å². The molecule has 1 saturated heterocycles. The highest BCUT2D eigenvalue weighted by molar-refractivity contribution is 8.00. The number of hydrogen-bond donors (Lipinski definition) is 1. The largest absolute Gasteiger partial charge is 0.315 e. The molecule has 1 aliphatic heterocycles. The predicted octanol–water partition coefficient (Wildman–Crippen LogP) is 2.48. The molecule has 14 heavy (non-hydrogen) atoms. The number of hydrogen-bond acceptors (Lipinski definition) is 2. The third-order valence-corrected chi connectivity index (χ3v) is 3.69. The number of alkyl halides is 1. The van der Waals surface area contributed by atoms with E-state index in [1.165, 1.54) is 0 Å². The highest BCUT2D eigenvalue weighted by atomic mass is 32.2. The van der Waals surface area contributed by atoms with E-state index in [1.54, 1.807) is 11.8 Å².